The number of carbonyl (C=O) groups is 2. The molecule has 2 heterocycles. The summed E-state index contributed by atoms with van der Waals surface area (Å²) in [5.74, 6) is -0.362. The van der Waals surface area contributed by atoms with Gasteiger partial charge < -0.3 is 24.1 Å². The summed E-state index contributed by atoms with van der Waals surface area (Å²) >= 11 is 1.29. The van der Waals surface area contributed by atoms with Gasteiger partial charge in [0.2, 0.25) is 5.75 Å². The van der Waals surface area contributed by atoms with E-state index in [1.807, 2.05) is 25.1 Å². The number of rotatable bonds is 7. The van der Waals surface area contributed by atoms with Gasteiger partial charge in [-0.15, -0.1) is 0 Å². The maximum absolute atomic E-state index is 13.6. The number of benzene rings is 3. The molecule has 0 saturated carbocycles. The van der Waals surface area contributed by atoms with Gasteiger partial charge in [-0.25, -0.2) is 4.98 Å². The van der Waals surface area contributed by atoms with Crippen molar-refractivity contribution >= 4 is 44.1 Å². The van der Waals surface area contributed by atoms with Gasteiger partial charge in [0.1, 0.15) is 11.5 Å². The summed E-state index contributed by atoms with van der Waals surface area (Å²) in [5.41, 5.74) is 2.47. The third-order valence-corrected chi connectivity index (χ3v) is 7.57. The highest BCUT2D eigenvalue weighted by molar-refractivity contribution is 7.22. The molecule has 1 aliphatic heterocycles. The lowest BCUT2D eigenvalue weighted by atomic mass is 9.94. The molecule has 1 aliphatic rings. The first-order chi connectivity index (χ1) is 18.8. The van der Waals surface area contributed by atoms with Gasteiger partial charge >= 0.3 is 5.91 Å². The van der Waals surface area contributed by atoms with Crippen LogP contribution in [0.25, 0.3) is 16.0 Å². The van der Waals surface area contributed by atoms with Gasteiger partial charge in [0.15, 0.2) is 16.6 Å². The molecule has 0 spiro atoms. The minimum atomic E-state index is -1.03. The van der Waals surface area contributed by atoms with E-state index in [2.05, 4.69) is 4.98 Å². The normalized spacial score (nSPS) is 16.5. The second-order valence-corrected chi connectivity index (χ2v) is 9.83. The molecule has 1 saturated heterocycles. The Labute approximate surface area is 228 Å². The molecular formula is C29H26N2O7S. The Morgan fingerprint density at radius 1 is 0.897 bits per heavy atom. The number of hydrogen-bond donors (Lipinski definition) is 1. The number of aromatic nitrogens is 1. The molecule has 5 rings (SSSR count). The highest BCUT2D eigenvalue weighted by Gasteiger charge is 2.48. The van der Waals surface area contributed by atoms with Crippen LogP contribution in [0.2, 0.25) is 0 Å². The summed E-state index contributed by atoms with van der Waals surface area (Å²) in [6.07, 6.45) is 0. The van der Waals surface area contributed by atoms with Crippen molar-refractivity contribution in [2.45, 2.75) is 13.0 Å². The molecule has 4 aromatic rings. The number of amides is 1. The van der Waals surface area contributed by atoms with Crippen LogP contribution in [0.5, 0.6) is 23.0 Å². The molecule has 0 aliphatic carbocycles. The molecule has 1 fully saturated rings. The van der Waals surface area contributed by atoms with Crippen LogP contribution < -0.4 is 23.8 Å². The number of anilines is 1. The second-order valence-electron chi connectivity index (χ2n) is 8.82. The molecule has 9 nitrogen and oxygen atoms in total. The molecule has 1 unspecified atom stereocenters. The van der Waals surface area contributed by atoms with E-state index in [0.29, 0.717) is 44.8 Å². The predicted molar refractivity (Wildman–Crippen MR) is 148 cm³/mol. The van der Waals surface area contributed by atoms with Crippen LogP contribution in [0.1, 0.15) is 22.7 Å². The lowest BCUT2D eigenvalue weighted by molar-refractivity contribution is -0.132. The summed E-state index contributed by atoms with van der Waals surface area (Å²) < 4.78 is 22.6. The number of fused-ring (bicyclic) bond motifs is 1. The first kappa shape index (κ1) is 26.1. The smallest absolute Gasteiger partial charge is 0.301 e. The standard InChI is InChI=1S/C29H26N2O7S/c1-15-6-11-19-22(12-15)39-29(30-19)31-24(17-13-20(36-3)27(38-5)21(14-17)37-4)23(26(33)28(31)34)25(32)16-7-9-18(35-2)10-8-16/h6-14,24,32H,1-5H3. The van der Waals surface area contributed by atoms with Gasteiger partial charge in [-0.3, -0.25) is 14.5 Å². The maximum atomic E-state index is 13.6. The van der Waals surface area contributed by atoms with Crippen LogP contribution in [0, 0.1) is 6.92 Å². The molecule has 1 N–H and O–H groups in total. The van der Waals surface area contributed by atoms with Crippen LogP contribution in [0.15, 0.2) is 60.2 Å². The Kier molecular flexibility index (Phi) is 6.88. The Morgan fingerprint density at radius 3 is 2.15 bits per heavy atom. The van der Waals surface area contributed by atoms with Gasteiger partial charge in [-0.2, -0.15) is 0 Å². The summed E-state index contributed by atoms with van der Waals surface area (Å²) in [6.45, 7) is 1.97. The Balaban J connectivity index is 1.77. The fourth-order valence-corrected chi connectivity index (χ4v) is 5.72. The minimum Gasteiger partial charge on any atom is -0.507 e. The van der Waals surface area contributed by atoms with Crippen LogP contribution in [0.4, 0.5) is 5.13 Å². The zero-order valence-electron chi connectivity index (χ0n) is 22.0. The van der Waals surface area contributed by atoms with E-state index < -0.39 is 17.7 Å². The van der Waals surface area contributed by atoms with E-state index in [1.54, 1.807) is 36.4 Å². The molecule has 3 aromatic carbocycles. The molecule has 1 amide bonds. The summed E-state index contributed by atoms with van der Waals surface area (Å²) in [7, 11) is 5.97. The SMILES string of the molecule is COc1ccc(C(O)=C2C(=O)C(=O)N(c3nc4ccc(C)cc4s3)C2c2cc(OC)c(OC)c(OC)c2)cc1. The number of methoxy groups -OCH3 is 4. The van der Waals surface area contributed by atoms with Crippen molar-refractivity contribution in [3.05, 3.63) is 76.9 Å². The zero-order chi connectivity index (χ0) is 27.8. The third kappa shape index (κ3) is 4.42. The largest absolute Gasteiger partial charge is 0.507 e. The first-order valence-corrected chi connectivity index (χ1v) is 12.8. The molecule has 39 heavy (non-hydrogen) atoms. The molecule has 0 radical (unpaired) electrons. The number of Topliss-reactive ketones (excluding diaryl/α,β-unsaturated/α-hetero) is 1. The number of thiazole rings is 1. The zero-order valence-corrected chi connectivity index (χ0v) is 22.8. The van der Waals surface area contributed by atoms with Crippen LogP contribution in [-0.4, -0.2) is 50.2 Å². The molecule has 0 bridgehead atoms. The fraction of sp³-hybridized carbons (Fsp3) is 0.207. The van der Waals surface area contributed by atoms with Crippen LogP contribution in [-0.2, 0) is 9.59 Å². The Morgan fingerprint density at radius 2 is 1.56 bits per heavy atom. The van der Waals surface area contributed by atoms with Crippen molar-refractivity contribution in [1.82, 2.24) is 4.98 Å². The topological polar surface area (TPSA) is 107 Å². The van der Waals surface area contributed by atoms with Gasteiger partial charge in [-0.05, 0) is 66.6 Å². The Hall–Kier alpha value is -4.57. The number of carbonyl (C=O) groups excluding carboxylic acids is 2. The fourth-order valence-electron chi connectivity index (χ4n) is 4.63. The number of aryl methyl sites for hydroxylation is 1. The lowest BCUT2D eigenvalue weighted by Gasteiger charge is -2.24. The Bertz CT molecular complexity index is 1600. The number of aliphatic hydroxyl groups is 1. The average Bonchev–Trinajstić information content (AvgIpc) is 3.49. The van der Waals surface area contributed by atoms with Gasteiger partial charge in [-0.1, -0.05) is 17.4 Å². The average molecular weight is 547 g/mol. The van der Waals surface area contributed by atoms with Crippen molar-refractivity contribution in [3.8, 4) is 23.0 Å². The molecule has 1 aromatic heterocycles. The quantitative estimate of drug-likeness (QED) is 0.190. The van der Waals surface area contributed by atoms with Gasteiger partial charge in [0.05, 0.1) is 50.3 Å². The number of ketones is 1. The van der Waals surface area contributed by atoms with Crippen molar-refractivity contribution in [3.63, 3.8) is 0 Å². The van der Waals surface area contributed by atoms with Crippen LogP contribution >= 0.6 is 11.3 Å². The van der Waals surface area contributed by atoms with E-state index >= 15 is 0 Å². The highest BCUT2D eigenvalue weighted by atomic mass is 32.1. The van der Waals surface area contributed by atoms with Crippen molar-refractivity contribution in [2.75, 3.05) is 33.3 Å². The predicted octanol–water partition coefficient (Wildman–Crippen LogP) is 5.27. The monoisotopic (exact) mass is 546 g/mol. The van der Waals surface area contributed by atoms with E-state index in [1.165, 1.54) is 44.7 Å². The number of nitrogens with zero attached hydrogens (tertiary/aromatic N) is 2. The number of hydrogen-bond acceptors (Lipinski definition) is 9. The number of ether oxygens (including phenoxy) is 4. The van der Waals surface area contributed by atoms with Gasteiger partial charge in [0, 0.05) is 5.56 Å². The van der Waals surface area contributed by atoms with Crippen molar-refractivity contribution in [1.29, 1.82) is 0 Å². The first-order valence-electron chi connectivity index (χ1n) is 11.9. The molecule has 1 atom stereocenters. The molecular weight excluding hydrogens is 520 g/mol. The van der Waals surface area contributed by atoms with E-state index in [9.17, 15) is 14.7 Å². The maximum Gasteiger partial charge on any atom is 0.301 e. The highest BCUT2D eigenvalue weighted by Crippen LogP contribution is 2.48. The van der Waals surface area contributed by atoms with E-state index in [-0.39, 0.29) is 11.3 Å². The van der Waals surface area contributed by atoms with Crippen LogP contribution in [0.3, 0.4) is 0 Å². The number of aliphatic hydroxyl groups excluding tert-OH is 1. The summed E-state index contributed by atoms with van der Waals surface area (Å²) in [4.78, 5) is 33.2. The van der Waals surface area contributed by atoms with E-state index in [4.69, 9.17) is 18.9 Å². The molecule has 200 valence electrons. The van der Waals surface area contributed by atoms with Crippen molar-refractivity contribution in [2.24, 2.45) is 0 Å². The van der Waals surface area contributed by atoms with E-state index in [0.717, 1.165) is 10.3 Å². The summed E-state index contributed by atoms with van der Waals surface area (Å²) in [5, 5.41) is 11.8. The molecule has 10 heteroatoms. The lowest BCUT2D eigenvalue weighted by Crippen LogP contribution is -2.29. The minimum absolute atomic E-state index is 0.0881. The van der Waals surface area contributed by atoms with Crippen molar-refractivity contribution < 1.29 is 33.6 Å². The second kappa shape index (κ2) is 10.3. The third-order valence-electron chi connectivity index (χ3n) is 6.55. The van der Waals surface area contributed by atoms with Gasteiger partial charge in [0.25, 0.3) is 5.78 Å². The summed E-state index contributed by atoms with van der Waals surface area (Å²) in [6, 6.07) is 14.6.